The lowest BCUT2D eigenvalue weighted by atomic mass is 10.1. The molecule has 1 amide bonds. The zero-order valence-corrected chi connectivity index (χ0v) is 13.2. The summed E-state index contributed by atoms with van der Waals surface area (Å²) in [5, 5.41) is 9.40. The SMILES string of the molecule is Cc1ccn2cc(C(=O)N3CCO[C@H]4C[C@H](CO)C[C@@H]43)nc2c1. The number of amides is 1. The van der Waals surface area contributed by atoms with E-state index in [1.807, 2.05) is 34.6 Å². The number of fused-ring (bicyclic) bond motifs is 2. The third-order valence-corrected chi connectivity index (χ3v) is 4.99. The number of aromatic nitrogens is 2. The quantitative estimate of drug-likeness (QED) is 0.906. The summed E-state index contributed by atoms with van der Waals surface area (Å²) in [6.07, 6.45) is 5.40. The molecule has 4 rings (SSSR count). The van der Waals surface area contributed by atoms with Crippen LogP contribution in [0, 0.1) is 12.8 Å². The zero-order valence-electron chi connectivity index (χ0n) is 13.2. The first-order valence-corrected chi connectivity index (χ1v) is 8.14. The monoisotopic (exact) mass is 315 g/mol. The van der Waals surface area contributed by atoms with Crippen LogP contribution in [0.5, 0.6) is 0 Å². The highest BCUT2D eigenvalue weighted by molar-refractivity contribution is 5.93. The maximum Gasteiger partial charge on any atom is 0.274 e. The van der Waals surface area contributed by atoms with Crippen LogP contribution in [0.1, 0.15) is 28.9 Å². The van der Waals surface area contributed by atoms with Gasteiger partial charge in [0.05, 0.1) is 18.8 Å². The Morgan fingerprint density at radius 3 is 3.17 bits per heavy atom. The van der Waals surface area contributed by atoms with Gasteiger partial charge in [0.1, 0.15) is 11.3 Å². The van der Waals surface area contributed by atoms with Crippen molar-refractivity contribution in [1.82, 2.24) is 14.3 Å². The molecule has 2 fully saturated rings. The van der Waals surface area contributed by atoms with Crippen LogP contribution in [0.15, 0.2) is 24.5 Å². The standard InChI is InChI=1S/C17H21N3O3/c1-11-2-3-19-9-13(18-16(19)6-11)17(22)20-4-5-23-15-8-12(10-21)7-14(15)20/h2-3,6,9,12,14-15,21H,4-5,7-8,10H2,1H3/t12-,14+,15+/m1/s1. The molecule has 3 heterocycles. The summed E-state index contributed by atoms with van der Waals surface area (Å²) in [4.78, 5) is 19.3. The molecule has 23 heavy (non-hydrogen) atoms. The molecule has 1 aliphatic heterocycles. The minimum atomic E-state index is -0.0387. The first-order valence-electron chi connectivity index (χ1n) is 8.14. The molecule has 0 bridgehead atoms. The molecule has 2 aliphatic rings. The fraction of sp³-hybridized carbons (Fsp3) is 0.529. The van der Waals surface area contributed by atoms with Crippen molar-refractivity contribution in [3.63, 3.8) is 0 Å². The molecule has 0 spiro atoms. The predicted octanol–water partition coefficient (Wildman–Crippen LogP) is 1.25. The van der Waals surface area contributed by atoms with Crippen LogP contribution in [-0.2, 0) is 4.74 Å². The van der Waals surface area contributed by atoms with Gasteiger partial charge >= 0.3 is 0 Å². The Bertz CT molecular complexity index is 742. The van der Waals surface area contributed by atoms with Gasteiger partial charge in [-0.15, -0.1) is 0 Å². The van der Waals surface area contributed by atoms with E-state index in [0.29, 0.717) is 18.8 Å². The molecule has 1 aliphatic carbocycles. The number of aliphatic hydroxyl groups excluding tert-OH is 1. The third kappa shape index (κ3) is 2.52. The lowest BCUT2D eigenvalue weighted by Crippen LogP contribution is -2.51. The van der Waals surface area contributed by atoms with Gasteiger partial charge < -0.3 is 19.1 Å². The molecule has 1 saturated heterocycles. The van der Waals surface area contributed by atoms with Gasteiger partial charge in [-0.2, -0.15) is 0 Å². The fourth-order valence-electron chi connectivity index (χ4n) is 3.79. The normalized spacial score (nSPS) is 27.4. The lowest BCUT2D eigenvalue weighted by molar-refractivity contribution is -0.0450. The first kappa shape index (κ1) is 14.7. The van der Waals surface area contributed by atoms with Crippen LogP contribution >= 0.6 is 0 Å². The van der Waals surface area contributed by atoms with Gasteiger partial charge in [-0.05, 0) is 43.4 Å². The minimum Gasteiger partial charge on any atom is -0.396 e. The van der Waals surface area contributed by atoms with Gasteiger partial charge in [0, 0.05) is 25.5 Å². The summed E-state index contributed by atoms with van der Waals surface area (Å²) in [6.45, 7) is 3.31. The van der Waals surface area contributed by atoms with Crippen molar-refractivity contribution in [2.24, 2.45) is 5.92 Å². The molecule has 0 radical (unpaired) electrons. The van der Waals surface area contributed by atoms with E-state index in [1.165, 1.54) is 0 Å². The van der Waals surface area contributed by atoms with Crippen LogP contribution in [0.2, 0.25) is 0 Å². The van der Waals surface area contributed by atoms with E-state index in [4.69, 9.17) is 4.74 Å². The Morgan fingerprint density at radius 1 is 1.48 bits per heavy atom. The van der Waals surface area contributed by atoms with Crippen molar-refractivity contribution in [2.45, 2.75) is 31.9 Å². The lowest BCUT2D eigenvalue weighted by Gasteiger charge is -2.37. The van der Waals surface area contributed by atoms with Crippen LogP contribution in [-0.4, -0.2) is 57.2 Å². The van der Waals surface area contributed by atoms with Gasteiger partial charge in [-0.1, -0.05) is 0 Å². The average molecular weight is 315 g/mol. The Labute approximate surface area is 134 Å². The Balaban J connectivity index is 1.61. The van der Waals surface area contributed by atoms with E-state index >= 15 is 0 Å². The van der Waals surface area contributed by atoms with Gasteiger partial charge in [0.2, 0.25) is 0 Å². The van der Waals surface area contributed by atoms with Crippen molar-refractivity contribution in [3.8, 4) is 0 Å². The maximum atomic E-state index is 12.9. The van der Waals surface area contributed by atoms with E-state index in [9.17, 15) is 9.90 Å². The number of rotatable bonds is 2. The van der Waals surface area contributed by atoms with Crippen molar-refractivity contribution >= 4 is 11.6 Å². The molecule has 2 aromatic rings. The van der Waals surface area contributed by atoms with E-state index in [-0.39, 0.29) is 30.6 Å². The summed E-state index contributed by atoms with van der Waals surface area (Å²) in [7, 11) is 0. The number of aliphatic hydroxyl groups is 1. The summed E-state index contributed by atoms with van der Waals surface area (Å²) in [5.41, 5.74) is 2.39. The van der Waals surface area contributed by atoms with E-state index in [1.54, 1.807) is 6.20 Å². The number of carbonyl (C=O) groups excluding carboxylic acids is 1. The second-order valence-corrected chi connectivity index (χ2v) is 6.59. The number of morpholine rings is 1. The van der Waals surface area contributed by atoms with Crippen LogP contribution in [0.3, 0.4) is 0 Å². The molecule has 0 unspecified atom stereocenters. The van der Waals surface area contributed by atoms with Crippen molar-refractivity contribution in [3.05, 3.63) is 35.8 Å². The van der Waals surface area contributed by atoms with Crippen molar-refractivity contribution in [2.75, 3.05) is 19.8 Å². The highest BCUT2D eigenvalue weighted by Gasteiger charge is 2.43. The predicted molar refractivity (Wildman–Crippen MR) is 84.3 cm³/mol. The topological polar surface area (TPSA) is 67.1 Å². The summed E-state index contributed by atoms with van der Waals surface area (Å²) >= 11 is 0. The fourth-order valence-corrected chi connectivity index (χ4v) is 3.79. The Hall–Kier alpha value is -1.92. The van der Waals surface area contributed by atoms with Gasteiger partial charge in [0.15, 0.2) is 0 Å². The number of aryl methyl sites for hydroxylation is 1. The molecule has 0 aromatic carbocycles. The van der Waals surface area contributed by atoms with E-state index in [0.717, 1.165) is 24.1 Å². The average Bonchev–Trinajstić information content (AvgIpc) is 3.16. The summed E-state index contributed by atoms with van der Waals surface area (Å²) in [5.74, 6) is 0.186. The first-order chi connectivity index (χ1) is 11.2. The van der Waals surface area contributed by atoms with Crippen LogP contribution in [0.25, 0.3) is 5.65 Å². The highest BCUT2D eigenvalue weighted by Crippen LogP contribution is 2.34. The number of ether oxygens (including phenoxy) is 1. The second kappa shape index (κ2) is 5.62. The molecule has 1 saturated carbocycles. The molecule has 2 aromatic heterocycles. The molecule has 1 N–H and O–H groups in total. The van der Waals surface area contributed by atoms with Crippen LogP contribution < -0.4 is 0 Å². The molecule has 6 nitrogen and oxygen atoms in total. The molecule has 3 atom stereocenters. The highest BCUT2D eigenvalue weighted by atomic mass is 16.5. The van der Waals surface area contributed by atoms with Crippen molar-refractivity contribution in [1.29, 1.82) is 0 Å². The maximum absolute atomic E-state index is 12.9. The summed E-state index contributed by atoms with van der Waals surface area (Å²) in [6, 6.07) is 4.02. The number of hydrogen-bond acceptors (Lipinski definition) is 4. The minimum absolute atomic E-state index is 0.0387. The Kier molecular flexibility index (Phi) is 3.58. The molecular weight excluding hydrogens is 294 g/mol. The number of carbonyl (C=O) groups is 1. The zero-order chi connectivity index (χ0) is 16.0. The number of nitrogens with zero attached hydrogens (tertiary/aromatic N) is 3. The van der Waals surface area contributed by atoms with Gasteiger partial charge in [-0.3, -0.25) is 4.79 Å². The van der Waals surface area contributed by atoms with Crippen molar-refractivity contribution < 1.29 is 14.6 Å². The van der Waals surface area contributed by atoms with Gasteiger partial charge in [0.25, 0.3) is 5.91 Å². The van der Waals surface area contributed by atoms with Gasteiger partial charge in [-0.25, -0.2) is 4.98 Å². The molecular formula is C17H21N3O3. The van der Waals surface area contributed by atoms with Crippen LogP contribution in [0.4, 0.5) is 0 Å². The Morgan fingerprint density at radius 2 is 2.35 bits per heavy atom. The smallest absolute Gasteiger partial charge is 0.274 e. The van der Waals surface area contributed by atoms with E-state index in [2.05, 4.69) is 4.98 Å². The second-order valence-electron chi connectivity index (χ2n) is 6.59. The number of pyridine rings is 1. The molecule has 122 valence electrons. The third-order valence-electron chi connectivity index (χ3n) is 4.99. The number of imidazole rings is 1. The molecule has 6 heteroatoms. The number of hydrogen-bond donors (Lipinski definition) is 1. The summed E-state index contributed by atoms with van der Waals surface area (Å²) < 4.78 is 7.67. The van der Waals surface area contributed by atoms with E-state index < -0.39 is 0 Å². The largest absolute Gasteiger partial charge is 0.396 e.